The summed E-state index contributed by atoms with van der Waals surface area (Å²) >= 11 is 6.12. The quantitative estimate of drug-likeness (QED) is 0.281. The Bertz CT molecular complexity index is 1370. The van der Waals surface area contributed by atoms with E-state index in [4.69, 9.17) is 17.3 Å². The number of carbonyl (C=O) groups excluding carboxylic acids is 1. The molecular formula is C21H19ClF4N6O3S. The number of carbonyl (C=O) groups is 1. The number of benzene rings is 2. The van der Waals surface area contributed by atoms with Gasteiger partial charge in [0, 0.05) is 12.1 Å². The topological polar surface area (TPSA) is 139 Å². The molecule has 1 aromatic heterocycles. The van der Waals surface area contributed by atoms with Gasteiger partial charge in [0.25, 0.3) is 0 Å². The highest BCUT2D eigenvalue weighted by molar-refractivity contribution is 7.92. The van der Waals surface area contributed by atoms with Crippen LogP contribution in [0, 0.1) is 5.82 Å². The van der Waals surface area contributed by atoms with Crippen molar-refractivity contribution in [1.29, 1.82) is 0 Å². The van der Waals surface area contributed by atoms with Gasteiger partial charge in [-0.25, -0.2) is 17.8 Å². The number of rotatable bonds is 10. The van der Waals surface area contributed by atoms with E-state index in [1.165, 1.54) is 42.6 Å². The Kier molecular flexibility index (Phi) is 8.20. The first-order valence-corrected chi connectivity index (χ1v) is 12.1. The van der Waals surface area contributed by atoms with Gasteiger partial charge >= 0.3 is 6.18 Å². The highest BCUT2D eigenvalue weighted by Crippen LogP contribution is 2.30. The van der Waals surface area contributed by atoms with Gasteiger partial charge in [-0.3, -0.25) is 9.52 Å². The molecular weight excluding hydrogens is 528 g/mol. The van der Waals surface area contributed by atoms with E-state index in [1.807, 2.05) is 4.72 Å². The van der Waals surface area contributed by atoms with Crippen molar-refractivity contribution >= 4 is 50.7 Å². The molecule has 1 heterocycles. The number of sulfonamides is 1. The van der Waals surface area contributed by atoms with Crippen LogP contribution in [-0.4, -0.2) is 42.8 Å². The lowest BCUT2D eigenvalue weighted by Crippen LogP contribution is -2.28. The summed E-state index contributed by atoms with van der Waals surface area (Å²) in [5.74, 6) is -3.17. The number of nitrogens with zero attached hydrogens (tertiary/aromatic N) is 2. The number of aromatic nitrogens is 2. The summed E-state index contributed by atoms with van der Waals surface area (Å²) in [5, 5.41) is 5.66. The van der Waals surface area contributed by atoms with Crippen LogP contribution in [0.3, 0.4) is 0 Å². The van der Waals surface area contributed by atoms with Crippen molar-refractivity contribution in [1.82, 2.24) is 9.97 Å². The van der Waals surface area contributed by atoms with Gasteiger partial charge in [0.1, 0.15) is 10.8 Å². The smallest absolute Gasteiger partial charge is 0.366 e. The van der Waals surface area contributed by atoms with E-state index in [0.717, 1.165) is 6.07 Å². The van der Waals surface area contributed by atoms with Crippen LogP contribution in [0.2, 0.25) is 5.02 Å². The molecule has 0 radical (unpaired) electrons. The zero-order chi connectivity index (χ0) is 26.5. The molecule has 0 saturated heterocycles. The monoisotopic (exact) mass is 546 g/mol. The van der Waals surface area contributed by atoms with Crippen molar-refractivity contribution in [2.24, 2.45) is 5.73 Å². The second kappa shape index (κ2) is 11.0. The first-order chi connectivity index (χ1) is 16.8. The van der Waals surface area contributed by atoms with E-state index in [2.05, 4.69) is 20.6 Å². The molecule has 1 amide bonds. The SMILES string of the molecule is NC(=O)c1ccc(F)c(CCNc2ncc(Cl)c(Nc3ccccc3NS(=O)(=O)CC(F)(F)F)n2)c1. The van der Waals surface area contributed by atoms with Gasteiger partial charge in [0.05, 0.1) is 17.6 Å². The lowest BCUT2D eigenvalue weighted by Gasteiger charge is -2.15. The molecule has 0 bridgehead atoms. The van der Waals surface area contributed by atoms with E-state index in [0.29, 0.717) is 0 Å². The maximum atomic E-state index is 14.0. The number of primary amides is 1. The fraction of sp³-hybridized carbons (Fsp3) is 0.190. The Morgan fingerprint density at radius 1 is 1.11 bits per heavy atom. The molecule has 0 aliphatic rings. The maximum Gasteiger partial charge on any atom is 0.404 e. The number of nitrogens with two attached hydrogens (primary N) is 1. The second-order valence-electron chi connectivity index (χ2n) is 7.38. The predicted molar refractivity (Wildman–Crippen MR) is 127 cm³/mol. The number of amides is 1. The summed E-state index contributed by atoms with van der Waals surface area (Å²) in [7, 11) is -4.73. The summed E-state index contributed by atoms with van der Waals surface area (Å²) in [6, 6.07) is 9.37. The molecule has 0 unspecified atom stereocenters. The summed E-state index contributed by atoms with van der Waals surface area (Å²) in [6.07, 6.45) is -3.52. The Balaban J connectivity index is 1.73. The molecule has 9 nitrogen and oxygen atoms in total. The number of hydrogen-bond acceptors (Lipinski definition) is 7. The van der Waals surface area contributed by atoms with Gasteiger partial charge in [-0.1, -0.05) is 23.7 Å². The van der Waals surface area contributed by atoms with E-state index in [-0.39, 0.29) is 52.3 Å². The minimum Gasteiger partial charge on any atom is -0.366 e. The average Bonchev–Trinajstić information content (AvgIpc) is 2.76. The molecule has 0 spiro atoms. The van der Waals surface area contributed by atoms with Crippen molar-refractivity contribution in [2.45, 2.75) is 12.6 Å². The zero-order valence-corrected chi connectivity index (χ0v) is 19.8. The maximum absolute atomic E-state index is 14.0. The Labute approximate surface area is 208 Å². The molecule has 5 N–H and O–H groups in total. The number of halogens is 5. The van der Waals surface area contributed by atoms with Crippen LogP contribution in [0.1, 0.15) is 15.9 Å². The van der Waals surface area contributed by atoms with Crippen molar-refractivity contribution in [2.75, 3.05) is 27.7 Å². The Morgan fingerprint density at radius 3 is 2.47 bits per heavy atom. The summed E-state index contributed by atoms with van der Waals surface area (Å²) in [6.45, 7) is 0.161. The van der Waals surface area contributed by atoms with Crippen LogP contribution in [0.25, 0.3) is 0 Å². The predicted octanol–water partition coefficient (Wildman–Crippen LogP) is 4.07. The molecule has 3 rings (SSSR count). The van der Waals surface area contributed by atoms with Gasteiger partial charge in [-0.2, -0.15) is 18.2 Å². The minimum atomic E-state index is -4.92. The Hall–Kier alpha value is -3.65. The van der Waals surface area contributed by atoms with Crippen molar-refractivity contribution in [3.63, 3.8) is 0 Å². The standard InChI is InChI=1S/C21H19ClF4N6O3S/c22-14-10-29-20(28-8-7-12-9-13(18(27)33)5-6-15(12)23)31-19(14)30-16-3-1-2-4-17(16)32-36(34,35)11-21(24,25)26/h1-6,9-10,32H,7-8,11H2,(H2,27,33)(H2,28,29,30,31). The lowest BCUT2D eigenvalue weighted by molar-refractivity contribution is -0.106. The molecule has 192 valence electrons. The molecule has 0 saturated carbocycles. The summed E-state index contributed by atoms with van der Waals surface area (Å²) in [4.78, 5) is 19.5. The lowest BCUT2D eigenvalue weighted by atomic mass is 10.1. The van der Waals surface area contributed by atoms with Crippen LogP contribution in [0.4, 0.5) is 40.7 Å². The molecule has 2 aromatic carbocycles. The summed E-state index contributed by atoms with van der Waals surface area (Å²) in [5.41, 5.74) is 5.54. The van der Waals surface area contributed by atoms with Gasteiger partial charge in [-0.15, -0.1) is 0 Å². The first-order valence-electron chi connectivity index (χ1n) is 10.1. The van der Waals surface area contributed by atoms with Crippen LogP contribution in [-0.2, 0) is 16.4 Å². The number of anilines is 4. The summed E-state index contributed by atoms with van der Waals surface area (Å²) < 4.78 is 77.4. The number of hydrogen-bond donors (Lipinski definition) is 4. The van der Waals surface area contributed by atoms with Gasteiger partial charge < -0.3 is 16.4 Å². The third-order valence-electron chi connectivity index (χ3n) is 4.55. The van der Waals surface area contributed by atoms with E-state index in [9.17, 15) is 30.8 Å². The highest BCUT2D eigenvalue weighted by atomic mass is 35.5. The van der Waals surface area contributed by atoms with Crippen LogP contribution < -0.4 is 21.1 Å². The molecule has 3 aromatic rings. The van der Waals surface area contributed by atoms with Gasteiger partial charge in [0.2, 0.25) is 21.9 Å². The minimum absolute atomic E-state index is 0.0264. The highest BCUT2D eigenvalue weighted by Gasteiger charge is 2.35. The van der Waals surface area contributed by atoms with Crippen LogP contribution in [0.5, 0.6) is 0 Å². The van der Waals surface area contributed by atoms with Crippen molar-refractivity contribution < 1.29 is 30.8 Å². The molecule has 0 aliphatic carbocycles. The largest absolute Gasteiger partial charge is 0.404 e. The first kappa shape index (κ1) is 26.9. The van der Waals surface area contributed by atoms with Crippen molar-refractivity contribution in [3.05, 3.63) is 70.6 Å². The third-order valence-corrected chi connectivity index (χ3v) is 6.07. The van der Waals surface area contributed by atoms with E-state index in [1.54, 1.807) is 0 Å². The zero-order valence-electron chi connectivity index (χ0n) is 18.2. The average molecular weight is 547 g/mol. The fourth-order valence-electron chi connectivity index (χ4n) is 3.00. The second-order valence-corrected chi connectivity index (χ2v) is 9.51. The van der Waals surface area contributed by atoms with E-state index >= 15 is 0 Å². The Morgan fingerprint density at radius 2 is 1.81 bits per heavy atom. The third kappa shape index (κ3) is 7.68. The van der Waals surface area contributed by atoms with Gasteiger partial charge in [-0.05, 0) is 42.3 Å². The molecule has 0 fully saturated rings. The van der Waals surface area contributed by atoms with Crippen LogP contribution >= 0.6 is 11.6 Å². The number of nitrogens with one attached hydrogen (secondary N) is 3. The molecule has 15 heteroatoms. The molecule has 0 aliphatic heterocycles. The van der Waals surface area contributed by atoms with Gasteiger partial charge in [0.15, 0.2) is 11.6 Å². The number of para-hydroxylation sites is 2. The molecule has 0 atom stereocenters. The normalized spacial score (nSPS) is 11.7. The fourth-order valence-corrected chi connectivity index (χ4v) is 4.15. The number of alkyl halides is 3. The van der Waals surface area contributed by atoms with Crippen molar-refractivity contribution in [3.8, 4) is 0 Å². The molecule has 36 heavy (non-hydrogen) atoms. The van der Waals surface area contributed by atoms with E-state index < -0.39 is 33.7 Å². The van der Waals surface area contributed by atoms with Crippen LogP contribution in [0.15, 0.2) is 48.7 Å².